The molecule has 5 heteroatoms. The molecule has 0 atom stereocenters. The third kappa shape index (κ3) is 2.23. The van der Waals surface area contributed by atoms with E-state index in [0.29, 0.717) is 0 Å². The molecule has 5 rings (SSSR count). The molecule has 0 fully saturated rings. The largest absolute Gasteiger partial charge is 0.400 e. The lowest BCUT2D eigenvalue weighted by molar-refractivity contribution is 0.627. The molecule has 0 saturated heterocycles. The molecule has 0 amide bonds. The van der Waals surface area contributed by atoms with Crippen LogP contribution >= 0.6 is 0 Å². The Morgan fingerprint density at radius 1 is 1.16 bits per heavy atom. The summed E-state index contributed by atoms with van der Waals surface area (Å²) in [4.78, 5) is 4.34. The van der Waals surface area contributed by atoms with Gasteiger partial charge in [-0.2, -0.15) is 0 Å². The molecule has 2 aliphatic heterocycles. The number of aryl methyl sites for hydroxylation is 1. The Kier molecular flexibility index (Phi) is 2.98. The summed E-state index contributed by atoms with van der Waals surface area (Å²) in [5.74, 6) is -0.242. The normalized spacial score (nSPS) is 16.4. The summed E-state index contributed by atoms with van der Waals surface area (Å²) in [6.07, 6.45) is 10.1. The van der Waals surface area contributed by atoms with Crippen LogP contribution in [0.15, 0.2) is 53.7 Å². The number of halogens is 1. The molecule has 0 N–H and O–H groups in total. The van der Waals surface area contributed by atoms with Crippen molar-refractivity contribution in [2.75, 3.05) is 0 Å². The molecular weight excluding hydrogens is 312 g/mol. The summed E-state index contributed by atoms with van der Waals surface area (Å²) >= 11 is 0. The SMILES string of the molecule is Cc1cc(=CC=C2C=Nc3ccc(F)cc32)n2c1=Cc1cccn1[B]2. The van der Waals surface area contributed by atoms with Crippen LogP contribution in [0.25, 0.3) is 17.7 Å². The number of benzene rings is 1. The van der Waals surface area contributed by atoms with Crippen LogP contribution in [0.3, 0.4) is 0 Å². The number of hydrogen-bond acceptors (Lipinski definition) is 1. The molecule has 0 aliphatic carbocycles. The highest BCUT2D eigenvalue weighted by Gasteiger charge is 2.14. The minimum atomic E-state index is -0.242. The Labute approximate surface area is 145 Å². The van der Waals surface area contributed by atoms with E-state index < -0.39 is 0 Å². The number of aliphatic imine (C=N–C) groups is 1. The van der Waals surface area contributed by atoms with Crippen LogP contribution in [0.5, 0.6) is 0 Å². The van der Waals surface area contributed by atoms with Gasteiger partial charge in [-0.1, -0.05) is 6.08 Å². The van der Waals surface area contributed by atoms with E-state index in [1.807, 2.05) is 18.3 Å². The van der Waals surface area contributed by atoms with E-state index in [2.05, 4.69) is 52.7 Å². The lowest BCUT2D eigenvalue weighted by Gasteiger charge is -2.12. The molecule has 1 aromatic carbocycles. The zero-order valence-electron chi connectivity index (χ0n) is 13.6. The molecule has 25 heavy (non-hydrogen) atoms. The second-order valence-corrected chi connectivity index (χ2v) is 6.32. The van der Waals surface area contributed by atoms with Gasteiger partial charge in [-0.15, -0.1) is 0 Å². The van der Waals surface area contributed by atoms with Crippen molar-refractivity contribution in [1.29, 1.82) is 0 Å². The summed E-state index contributed by atoms with van der Waals surface area (Å²) in [5, 5.41) is 2.26. The number of fused-ring (bicyclic) bond motifs is 3. The lowest BCUT2D eigenvalue weighted by Crippen LogP contribution is -2.38. The highest BCUT2D eigenvalue weighted by Crippen LogP contribution is 2.31. The molecule has 0 spiro atoms. The van der Waals surface area contributed by atoms with Crippen LogP contribution in [-0.2, 0) is 0 Å². The number of rotatable bonds is 1. The van der Waals surface area contributed by atoms with Gasteiger partial charge >= 0.3 is 7.55 Å². The standard InChI is InChI=1S/C20H14BFN3/c1-13-9-17(25-20(13)11-16-3-2-8-24(16)21-25)6-4-14-12-23-19-7-5-15(22)10-18(14)19/h2-12H,1H3. The predicted octanol–water partition coefficient (Wildman–Crippen LogP) is 2.39. The molecule has 3 aromatic rings. The van der Waals surface area contributed by atoms with Crippen molar-refractivity contribution in [3.05, 3.63) is 82.0 Å². The van der Waals surface area contributed by atoms with E-state index in [1.54, 1.807) is 12.3 Å². The summed E-state index contributed by atoms with van der Waals surface area (Å²) < 4.78 is 17.8. The van der Waals surface area contributed by atoms with E-state index in [0.717, 1.165) is 22.2 Å². The fraction of sp³-hybridized carbons (Fsp3) is 0.0500. The Bertz CT molecular complexity index is 1190. The molecule has 0 saturated carbocycles. The lowest BCUT2D eigenvalue weighted by atomic mass is 10.1. The maximum Gasteiger partial charge on any atom is 0.400 e. The van der Waals surface area contributed by atoms with Gasteiger partial charge in [-0.25, -0.2) is 4.39 Å². The van der Waals surface area contributed by atoms with Crippen molar-refractivity contribution in [2.45, 2.75) is 6.92 Å². The molecule has 0 bridgehead atoms. The molecular formula is C20H14BFN3. The number of aromatic nitrogens is 2. The van der Waals surface area contributed by atoms with Gasteiger partial charge in [-0.05, 0) is 67.2 Å². The topological polar surface area (TPSA) is 22.2 Å². The molecule has 2 aliphatic rings. The zero-order chi connectivity index (χ0) is 17.0. The van der Waals surface area contributed by atoms with Gasteiger partial charge in [0.25, 0.3) is 0 Å². The van der Waals surface area contributed by atoms with Crippen LogP contribution in [-0.4, -0.2) is 22.7 Å². The zero-order valence-corrected chi connectivity index (χ0v) is 13.6. The first-order chi connectivity index (χ1) is 12.2. The maximum atomic E-state index is 13.5. The summed E-state index contributed by atoms with van der Waals surface area (Å²) in [6, 6.07) is 11.0. The Balaban J connectivity index is 1.63. The molecule has 1 radical (unpaired) electrons. The number of allylic oxidation sites excluding steroid dienone is 2. The third-order valence-corrected chi connectivity index (χ3v) is 4.69. The van der Waals surface area contributed by atoms with Crippen LogP contribution in [0.4, 0.5) is 10.1 Å². The first-order valence-corrected chi connectivity index (χ1v) is 8.16. The van der Waals surface area contributed by atoms with E-state index >= 15 is 0 Å². The first-order valence-electron chi connectivity index (χ1n) is 8.16. The van der Waals surface area contributed by atoms with Gasteiger partial charge in [0.15, 0.2) is 0 Å². The van der Waals surface area contributed by atoms with Gasteiger partial charge < -0.3 is 8.96 Å². The number of hydrogen-bond donors (Lipinski definition) is 0. The van der Waals surface area contributed by atoms with Gasteiger partial charge in [0.05, 0.1) is 5.69 Å². The van der Waals surface area contributed by atoms with E-state index in [-0.39, 0.29) is 5.82 Å². The monoisotopic (exact) mass is 326 g/mol. The fourth-order valence-electron chi connectivity index (χ4n) is 3.40. The van der Waals surface area contributed by atoms with Crippen molar-refractivity contribution in [3.8, 4) is 0 Å². The van der Waals surface area contributed by atoms with Crippen LogP contribution in [0.2, 0.25) is 0 Å². The van der Waals surface area contributed by atoms with Crippen LogP contribution in [0.1, 0.15) is 16.8 Å². The Morgan fingerprint density at radius 2 is 2.08 bits per heavy atom. The van der Waals surface area contributed by atoms with Crippen LogP contribution in [0, 0.1) is 12.7 Å². The smallest absolute Gasteiger partial charge is 0.375 e. The minimum Gasteiger partial charge on any atom is -0.375 e. The Hall–Kier alpha value is -3.08. The van der Waals surface area contributed by atoms with Crippen molar-refractivity contribution >= 4 is 37.2 Å². The maximum absolute atomic E-state index is 13.5. The number of nitrogens with zero attached hydrogens (tertiary/aromatic N) is 3. The summed E-state index contributed by atoms with van der Waals surface area (Å²) in [5.41, 5.74) is 4.96. The average Bonchev–Trinajstić information content (AvgIpc) is 3.29. The second-order valence-electron chi connectivity index (χ2n) is 6.32. The average molecular weight is 326 g/mol. The highest BCUT2D eigenvalue weighted by atomic mass is 19.1. The van der Waals surface area contributed by atoms with Crippen molar-refractivity contribution in [2.24, 2.45) is 4.99 Å². The quantitative estimate of drug-likeness (QED) is 0.479. The van der Waals surface area contributed by atoms with Crippen molar-refractivity contribution in [1.82, 2.24) is 8.96 Å². The van der Waals surface area contributed by atoms with Gasteiger partial charge in [0.1, 0.15) is 5.82 Å². The fourth-order valence-corrected chi connectivity index (χ4v) is 3.40. The van der Waals surface area contributed by atoms with Crippen molar-refractivity contribution < 1.29 is 4.39 Å². The van der Waals surface area contributed by atoms with Gasteiger partial charge in [0, 0.05) is 33.7 Å². The minimum absolute atomic E-state index is 0.242. The predicted molar refractivity (Wildman–Crippen MR) is 100.0 cm³/mol. The van der Waals surface area contributed by atoms with Crippen LogP contribution < -0.4 is 10.7 Å². The third-order valence-electron chi connectivity index (χ3n) is 4.69. The first kappa shape index (κ1) is 14.3. The summed E-state index contributed by atoms with van der Waals surface area (Å²) in [7, 11) is 2.08. The van der Waals surface area contributed by atoms with Gasteiger partial charge in [0.2, 0.25) is 0 Å². The van der Waals surface area contributed by atoms with Crippen molar-refractivity contribution in [3.63, 3.8) is 0 Å². The molecule has 0 unspecified atom stereocenters. The van der Waals surface area contributed by atoms with E-state index in [9.17, 15) is 4.39 Å². The van der Waals surface area contributed by atoms with E-state index in [1.165, 1.54) is 28.7 Å². The highest BCUT2D eigenvalue weighted by molar-refractivity contribution is 6.33. The summed E-state index contributed by atoms with van der Waals surface area (Å²) in [6.45, 7) is 2.11. The Morgan fingerprint density at radius 3 is 3.00 bits per heavy atom. The molecule has 4 heterocycles. The second kappa shape index (κ2) is 5.21. The molecule has 3 nitrogen and oxygen atoms in total. The molecule has 2 aromatic heterocycles. The van der Waals surface area contributed by atoms with Gasteiger partial charge in [-0.3, -0.25) is 4.99 Å². The molecule has 119 valence electrons. The van der Waals surface area contributed by atoms with E-state index in [4.69, 9.17) is 0 Å².